The predicted molar refractivity (Wildman–Crippen MR) is 104 cm³/mol. The second-order valence-corrected chi connectivity index (χ2v) is 7.20. The molecule has 1 aromatic carbocycles. The zero-order valence-electron chi connectivity index (χ0n) is 15.8. The lowest BCUT2D eigenvalue weighted by molar-refractivity contribution is -1.01. The lowest BCUT2D eigenvalue weighted by Crippen LogP contribution is -3.26. The highest BCUT2D eigenvalue weighted by Gasteiger charge is 2.24. The fourth-order valence-electron chi connectivity index (χ4n) is 3.58. The number of azo groups is 1. The quantitative estimate of drug-likeness (QED) is 0.558. The first kappa shape index (κ1) is 18.3. The number of rotatable bonds is 4. The van der Waals surface area contributed by atoms with Gasteiger partial charge in [0.05, 0.1) is 12.6 Å². The predicted octanol–water partition coefficient (Wildman–Crippen LogP) is 0.0367. The molecule has 0 unspecified atom stereocenters. The molecule has 3 aromatic rings. The molecule has 1 fully saturated rings. The Morgan fingerprint density at radius 1 is 1.14 bits per heavy atom. The van der Waals surface area contributed by atoms with Gasteiger partial charge in [-0.3, -0.25) is 14.3 Å². The number of amides is 1. The third kappa shape index (κ3) is 3.64. The molecule has 1 aliphatic rings. The Labute approximate surface area is 162 Å². The van der Waals surface area contributed by atoms with Gasteiger partial charge in [0, 0.05) is 11.6 Å². The third-order valence-electron chi connectivity index (χ3n) is 5.23. The zero-order valence-corrected chi connectivity index (χ0v) is 15.8. The van der Waals surface area contributed by atoms with Gasteiger partial charge in [-0.25, -0.2) is 0 Å². The van der Waals surface area contributed by atoms with Crippen LogP contribution in [0.3, 0.4) is 0 Å². The summed E-state index contributed by atoms with van der Waals surface area (Å²) in [5, 5.41) is 19.5. The Hall–Kier alpha value is -3.10. The van der Waals surface area contributed by atoms with Gasteiger partial charge in [-0.15, -0.1) is 10.2 Å². The number of benzene rings is 1. The normalized spacial score (nSPS) is 20.0. The van der Waals surface area contributed by atoms with Gasteiger partial charge in [0.1, 0.15) is 31.9 Å². The molecule has 0 saturated carbocycles. The molecule has 2 aromatic heterocycles. The van der Waals surface area contributed by atoms with E-state index >= 15 is 0 Å². The number of quaternary nitrogens is 2. The van der Waals surface area contributed by atoms with Crippen LogP contribution in [-0.4, -0.2) is 53.8 Å². The molecule has 1 saturated heterocycles. The minimum atomic E-state index is -0.538. The first-order valence-electron chi connectivity index (χ1n) is 9.45. The van der Waals surface area contributed by atoms with Gasteiger partial charge in [0.15, 0.2) is 12.4 Å². The summed E-state index contributed by atoms with van der Waals surface area (Å²) < 4.78 is 1.87. The molecule has 8 heteroatoms. The number of fused-ring (bicyclic) bond motifs is 1. The summed E-state index contributed by atoms with van der Waals surface area (Å²) in [6, 6.07) is 12.7. The fourth-order valence-corrected chi connectivity index (χ4v) is 3.58. The summed E-state index contributed by atoms with van der Waals surface area (Å²) in [7, 11) is 2.20. The summed E-state index contributed by atoms with van der Waals surface area (Å²) in [6.45, 7) is 4.98. The second-order valence-electron chi connectivity index (χ2n) is 7.20. The topological polar surface area (TPSA) is 88.7 Å². The number of nitrogens with zero attached hydrogens (tertiary/aromatic N) is 4. The maximum Gasteiger partial charge on any atom is 0.313 e. The van der Waals surface area contributed by atoms with Crippen LogP contribution in [0, 0.1) is 0 Å². The number of piperazine rings is 1. The Morgan fingerprint density at radius 2 is 1.89 bits per heavy atom. The molecule has 0 aliphatic carbocycles. The number of likely N-dealkylation sites (N-methyl/N-ethyl adjacent to an activating group) is 1. The number of carbonyl (C=O) groups excluding carboxylic acids is 1. The van der Waals surface area contributed by atoms with Crippen molar-refractivity contribution in [2.24, 2.45) is 10.2 Å². The van der Waals surface area contributed by atoms with Crippen molar-refractivity contribution in [3.05, 3.63) is 54.4 Å². The average molecular weight is 380 g/mol. The highest BCUT2D eigenvalue weighted by atomic mass is 16.3. The van der Waals surface area contributed by atoms with Gasteiger partial charge in [-0.05, 0) is 18.2 Å². The number of carbonyl (C=O) groups is 1. The second kappa shape index (κ2) is 7.87. The van der Waals surface area contributed by atoms with Crippen LogP contribution in [0.1, 0.15) is 10.5 Å². The van der Waals surface area contributed by atoms with Crippen LogP contribution < -0.4 is 9.80 Å². The molecule has 28 heavy (non-hydrogen) atoms. The number of aromatic nitrogens is 2. The number of hydrogen-bond donors (Lipinski definition) is 3. The van der Waals surface area contributed by atoms with E-state index in [2.05, 4.69) is 22.3 Å². The van der Waals surface area contributed by atoms with Crippen LogP contribution in [0.5, 0.6) is 5.88 Å². The largest absolute Gasteiger partial charge is 0.493 e. The van der Waals surface area contributed by atoms with Crippen LogP contribution in [0.2, 0.25) is 0 Å². The molecular formula is C20H24N6O2+2. The molecule has 0 bridgehead atoms. The molecule has 4 rings (SSSR count). The van der Waals surface area contributed by atoms with E-state index in [0.717, 1.165) is 37.1 Å². The summed E-state index contributed by atoms with van der Waals surface area (Å²) in [5.74, 6) is -0.498. The maximum absolute atomic E-state index is 12.2. The van der Waals surface area contributed by atoms with Crippen molar-refractivity contribution in [2.45, 2.75) is 6.67 Å². The van der Waals surface area contributed by atoms with Crippen molar-refractivity contribution in [3.8, 4) is 5.88 Å². The van der Waals surface area contributed by atoms with Gasteiger partial charge < -0.3 is 14.9 Å². The van der Waals surface area contributed by atoms with Crippen molar-refractivity contribution >= 4 is 22.5 Å². The molecule has 3 heterocycles. The van der Waals surface area contributed by atoms with Crippen LogP contribution in [0.15, 0.2) is 58.9 Å². The number of hydrogen-bond acceptors (Lipinski definition) is 4. The highest BCUT2D eigenvalue weighted by Crippen LogP contribution is 2.38. The van der Waals surface area contributed by atoms with E-state index in [1.807, 2.05) is 28.8 Å². The van der Waals surface area contributed by atoms with E-state index in [0.29, 0.717) is 12.4 Å². The van der Waals surface area contributed by atoms with Crippen molar-refractivity contribution in [1.29, 1.82) is 0 Å². The summed E-state index contributed by atoms with van der Waals surface area (Å²) >= 11 is 0. The van der Waals surface area contributed by atoms with Gasteiger partial charge in [0.2, 0.25) is 5.88 Å². The van der Waals surface area contributed by atoms with Crippen LogP contribution in [0.25, 0.3) is 10.9 Å². The Bertz CT molecular complexity index is 1010. The van der Waals surface area contributed by atoms with E-state index in [-0.39, 0.29) is 11.6 Å². The molecule has 0 atom stereocenters. The molecule has 0 spiro atoms. The summed E-state index contributed by atoms with van der Waals surface area (Å²) in [4.78, 5) is 19.1. The molecule has 144 valence electrons. The number of para-hydroxylation sites is 1. The Morgan fingerprint density at radius 3 is 2.64 bits per heavy atom. The molecule has 1 amide bonds. The van der Waals surface area contributed by atoms with E-state index in [9.17, 15) is 9.90 Å². The van der Waals surface area contributed by atoms with Gasteiger partial charge in [0.25, 0.3) is 0 Å². The smallest absolute Gasteiger partial charge is 0.313 e. The van der Waals surface area contributed by atoms with Crippen molar-refractivity contribution in [3.63, 3.8) is 0 Å². The molecule has 8 nitrogen and oxygen atoms in total. The van der Waals surface area contributed by atoms with Crippen LogP contribution in [0.4, 0.5) is 5.69 Å². The zero-order chi connectivity index (χ0) is 19.5. The SMILES string of the molecule is C[NH+]1CC[NH+](Cn2c(O)c(N=NC(=O)c3ccccn3)c3ccccc32)CC1. The average Bonchev–Trinajstić information content (AvgIpc) is 3.00. The minimum Gasteiger partial charge on any atom is -0.493 e. The Kier molecular flexibility index (Phi) is 5.14. The number of nitrogens with one attached hydrogen (secondary N) is 2. The fraction of sp³-hybridized carbons (Fsp3) is 0.300. The van der Waals surface area contributed by atoms with E-state index in [4.69, 9.17) is 0 Å². The lowest BCUT2D eigenvalue weighted by Gasteiger charge is -2.27. The standard InChI is InChI=1S/C20H22N6O2/c1-24-10-12-25(13-11-24)14-26-17-8-3-2-6-15(17)18(20(26)28)22-23-19(27)16-7-4-5-9-21-16/h2-9,28H,10-14H2,1H3/p+2. The first-order chi connectivity index (χ1) is 13.6. The third-order valence-corrected chi connectivity index (χ3v) is 5.23. The lowest BCUT2D eigenvalue weighted by atomic mass is 10.2. The highest BCUT2D eigenvalue weighted by molar-refractivity contribution is 5.96. The van der Waals surface area contributed by atoms with Crippen LogP contribution >= 0.6 is 0 Å². The van der Waals surface area contributed by atoms with Crippen LogP contribution in [-0.2, 0) is 6.67 Å². The molecule has 1 aliphatic heterocycles. The van der Waals surface area contributed by atoms with E-state index in [1.165, 1.54) is 16.0 Å². The minimum absolute atomic E-state index is 0.0394. The number of pyridine rings is 1. The molecular weight excluding hydrogens is 356 g/mol. The number of aromatic hydroxyl groups is 1. The van der Waals surface area contributed by atoms with E-state index < -0.39 is 5.91 Å². The summed E-state index contributed by atoms with van der Waals surface area (Å²) in [6.07, 6.45) is 1.53. The van der Waals surface area contributed by atoms with Gasteiger partial charge >= 0.3 is 5.91 Å². The van der Waals surface area contributed by atoms with Gasteiger partial charge in [-0.2, -0.15) is 0 Å². The van der Waals surface area contributed by atoms with Crippen molar-refractivity contribution in [2.75, 3.05) is 33.2 Å². The monoisotopic (exact) mass is 380 g/mol. The van der Waals surface area contributed by atoms with Crippen molar-refractivity contribution < 1.29 is 19.7 Å². The summed E-state index contributed by atoms with van der Waals surface area (Å²) in [5.41, 5.74) is 1.43. The van der Waals surface area contributed by atoms with Gasteiger partial charge in [-0.1, -0.05) is 24.3 Å². The van der Waals surface area contributed by atoms with E-state index in [1.54, 1.807) is 18.2 Å². The molecule has 0 radical (unpaired) electrons. The maximum atomic E-state index is 12.2. The first-order valence-corrected chi connectivity index (χ1v) is 9.45. The van der Waals surface area contributed by atoms with Crippen molar-refractivity contribution in [1.82, 2.24) is 9.55 Å². The Balaban J connectivity index is 1.64. The molecule has 3 N–H and O–H groups in total.